The summed E-state index contributed by atoms with van der Waals surface area (Å²) in [7, 11) is 3.38. The first kappa shape index (κ1) is 15.1. The summed E-state index contributed by atoms with van der Waals surface area (Å²) in [5.74, 6) is 0.821. The zero-order valence-electron chi connectivity index (χ0n) is 11.8. The third-order valence-corrected chi connectivity index (χ3v) is 3.27. The van der Waals surface area contributed by atoms with E-state index in [0.29, 0.717) is 25.0 Å². The Morgan fingerprint density at radius 1 is 1.39 bits per heavy atom. The molecule has 18 heavy (non-hydrogen) atoms. The van der Waals surface area contributed by atoms with Crippen LogP contribution in [0.3, 0.4) is 0 Å². The van der Waals surface area contributed by atoms with Gasteiger partial charge in [-0.15, -0.1) is 0 Å². The molecule has 0 fully saturated rings. The van der Waals surface area contributed by atoms with E-state index in [1.807, 2.05) is 12.5 Å². The van der Waals surface area contributed by atoms with Crippen LogP contribution in [0, 0.1) is 5.92 Å². The van der Waals surface area contributed by atoms with Crippen molar-refractivity contribution in [2.45, 2.75) is 32.4 Å². The van der Waals surface area contributed by atoms with Gasteiger partial charge in [-0.1, -0.05) is 13.8 Å². The van der Waals surface area contributed by atoms with Crippen LogP contribution in [0.1, 0.15) is 25.5 Å². The summed E-state index contributed by atoms with van der Waals surface area (Å²) < 4.78 is 12.6. The number of imidazole rings is 1. The van der Waals surface area contributed by atoms with Gasteiger partial charge in [0.2, 0.25) is 0 Å². The van der Waals surface area contributed by atoms with Gasteiger partial charge in [0.05, 0.1) is 25.6 Å². The SMILES string of the molecule is COCC(Cn1cncc1C(CN)C(C)C)OC. The molecule has 5 heteroatoms. The molecule has 0 saturated carbocycles. The molecule has 0 bridgehead atoms. The van der Waals surface area contributed by atoms with Crippen LogP contribution >= 0.6 is 0 Å². The lowest BCUT2D eigenvalue weighted by molar-refractivity contribution is 0.0177. The van der Waals surface area contributed by atoms with Crippen LogP contribution < -0.4 is 5.73 Å². The van der Waals surface area contributed by atoms with Crippen molar-refractivity contribution < 1.29 is 9.47 Å². The second kappa shape index (κ2) is 7.51. The van der Waals surface area contributed by atoms with Crippen LogP contribution in [-0.2, 0) is 16.0 Å². The molecule has 0 aromatic carbocycles. The van der Waals surface area contributed by atoms with Crippen LogP contribution in [0.15, 0.2) is 12.5 Å². The highest BCUT2D eigenvalue weighted by Crippen LogP contribution is 2.23. The van der Waals surface area contributed by atoms with Crippen molar-refractivity contribution in [3.05, 3.63) is 18.2 Å². The molecule has 0 saturated heterocycles. The van der Waals surface area contributed by atoms with Crippen molar-refractivity contribution in [2.75, 3.05) is 27.4 Å². The maximum Gasteiger partial charge on any atom is 0.0983 e. The summed E-state index contributed by atoms with van der Waals surface area (Å²) >= 11 is 0. The van der Waals surface area contributed by atoms with E-state index in [1.165, 1.54) is 5.69 Å². The summed E-state index contributed by atoms with van der Waals surface area (Å²) in [6.45, 7) is 6.30. The van der Waals surface area contributed by atoms with E-state index in [9.17, 15) is 0 Å². The second-order valence-corrected chi connectivity index (χ2v) is 4.87. The highest BCUT2D eigenvalue weighted by molar-refractivity contribution is 5.08. The quantitative estimate of drug-likeness (QED) is 0.759. The van der Waals surface area contributed by atoms with Gasteiger partial charge in [-0.2, -0.15) is 0 Å². The number of nitrogens with zero attached hydrogens (tertiary/aromatic N) is 2. The van der Waals surface area contributed by atoms with E-state index in [1.54, 1.807) is 14.2 Å². The molecule has 1 aromatic heterocycles. The molecule has 2 N–H and O–H groups in total. The Bertz CT molecular complexity index is 339. The molecule has 5 nitrogen and oxygen atoms in total. The Balaban J connectivity index is 2.81. The lowest BCUT2D eigenvalue weighted by Gasteiger charge is -2.23. The highest BCUT2D eigenvalue weighted by Gasteiger charge is 2.19. The molecule has 0 aliphatic carbocycles. The van der Waals surface area contributed by atoms with Gasteiger partial charge in [-0.25, -0.2) is 4.98 Å². The second-order valence-electron chi connectivity index (χ2n) is 4.87. The maximum atomic E-state index is 5.86. The van der Waals surface area contributed by atoms with Gasteiger partial charge >= 0.3 is 0 Å². The third kappa shape index (κ3) is 3.80. The summed E-state index contributed by atoms with van der Waals surface area (Å²) in [4.78, 5) is 4.23. The minimum absolute atomic E-state index is 0.0357. The number of hydrogen-bond donors (Lipinski definition) is 1. The van der Waals surface area contributed by atoms with E-state index in [4.69, 9.17) is 15.2 Å². The van der Waals surface area contributed by atoms with Crippen LogP contribution in [0.25, 0.3) is 0 Å². The molecule has 0 aliphatic heterocycles. The first-order valence-corrected chi connectivity index (χ1v) is 6.35. The molecule has 0 amide bonds. The highest BCUT2D eigenvalue weighted by atomic mass is 16.5. The van der Waals surface area contributed by atoms with Gasteiger partial charge in [0.25, 0.3) is 0 Å². The standard InChI is InChI=1S/C13H25N3O2/c1-10(2)12(5-14)13-6-15-9-16(13)7-11(18-4)8-17-3/h6,9-12H,5,7-8,14H2,1-4H3. The van der Waals surface area contributed by atoms with Gasteiger partial charge in [0.15, 0.2) is 0 Å². The maximum absolute atomic E-state index is 5.86. The Morgan fingerprint density at radius 3 is 2.61 bits per heavy atom. The molecule has 1 aromatic rings. The van der Waals surface area contributed by atoms with Crippen LogP contribution in [-0.4, -0.2) is 43.0 Å². The molecule has 1 rings (SSSR count). The van der Waals surface area contributed by atoms with E-state index >= 15 is 0 Å². The monoisotopic (exact) mass is 255 g/mol. The molecular weight excluding hydrogens is 230 g/mol. The van der Waals surface area contributed by atoms with E-state index < -0.39 is 0 Å². The molecule has 2 unspecified atom stereocenters. The topological polar surface area (TPSA) is 62.3 Å². The number of nitrogens with two attached hydrogens (primary N) is 1. The van der Waals surface area contributed by atoms with Crippen molar-refractivity contribution >= 4 is 0 Å². The predicted molar refractivity (Wildman–Crippen MR) is 71.5 cm³/mol. The Morgan fingerprint density at radius 2 is 2.11 bits per heavy atom. The van der Waals surface area contributed by atoms with E-state index in [2.05, 4.69) is 23.4 Å². The van der Waals surface area contributed by atoms with Crippen LogP contribution in [0.4, 0.5) is 0 Å². The number of hydrogen-bond acceptors (Lipinski definition) is 4. The fourth-order valence-corrected chi connectivity index (χ4v) is 2.13. The Kier molecular flexibility index (Phi) is 6.32. The summed E-state index contributed by atoms with van der Waals surface area (Å²) in [5, 5.41) is 0. The molecule has 1 heterocycles. The minimum atomic E-state index is 0.0357. The Labute approximate surface area is 109 Å². The number of rotatable bonds is 8. The Hall–Kier alpha value is -0.910. The van der Waals surface area contributed by atoms with Crippen LogP contribution in [0.5, 0.6) is 0 Å². The van der Waals surface area contributed by atoms with Gasteiger partial charge < -0.3 is 19.8 Å². The van der Waals surface area contributed by atoms with Crippen LogP contribution in [0.2, 0.25) is 0 Å². The van der Waals surface area contributed by atoms with Gasteiger partial charge in [0.1, 0.15) is 0 Å². The first-order valence-electron chi connectivity index (χ1n) is 6.35. The lowest BCUT2D eigenvalue weighted by atomic mass is 9.93. The fourth-order valence-electron chi connectivity index (χ4n) is 2.13. The average Bonchev–Trinajstić information content (AvgIpc) is 2.77. The van der Waals surface area contributed by atoms with Gasteiger partial charge in [-0.05, 0) is 5.92 Å². The van der Waals surface area contributed by atoms with Crippen molar-refractivity contribution in [1.29, 1.82) is 0 Å². The minimum Gasteiger partial charge on any atom is -0.382 e. The number of aromatic nitrogens is 2. The smallest absolute Gasteiger partial charge is 0.0983 e. The summed E-state index contributed by atoms with van der Waals surface area (Å²) in [6.07, 6.45) is 3.77. The van der Waals surface area contributed by atoms with Crippen molar-refractivity contribution in [1.82, 2.24) is 9.55 Å². The van der Waals surface area contributed by atoms with Crippen molar-refractivity contribution in [3.63, 3.8) is 0 Å². The summed E-state index contributed by atoms with van der Waals surface area (Å²) in [6, 6.07) is 0. The van der Waals surface area contributed by atoms with Gasteiger partial charge in [-0.3, -0.25) is 0 Å². The number of methoxy groups -OCH3 is 2. The summed E-state index contributed by atoms with van der Waals surface area (Å²) in [5.41, 5.74) is 7.03. The molecule has 2 atom stereocenters. The largest absolute Gasteiger partial charge is 0.382 e. The zero-order chi connectivity index (χ0) is 13.5. The van der Waals surface area contributed by atoms with E-state index in [0.717, 1.165) is 6.54 Å². The molecular formula is C13H25N3O2. The van der Waals surface area contributed by atoms with E-state index in [-0.39, 0.29) is 6.10 Å². The van der Waals surface area contributed by atoms with Crippen molar-refractivity contribution in [2.24, 2.45) is 11.7 Å². The number of ether oxygens (including phenoxy) is 2. The third-order valence-electron chi connectivity index (χ3n) is 3.27. The lowest BCUT2D eigenvalue weighted by Crippen LogP contribution is -2.27. The first-order chi connectivity index (χ1) is 8.63. The normalized spacial score (nSPS) is 15.0. The average molecular weight is 255 g/mol. The molecule has 0 spiro atoms. The zero-order valence-corrected chi connectivity index (χ0v) is 11.8. The molecule has 104 valence electrons. The van der Waals surface area contributed by atoms with Gasteiger partial charge in [0, 0.05) is 38.6 Å². The molecule has 0 radical (unpaired) electrons. The van der Waals surface area contributed by atoms with Crippen molar-refractivity contribution in [3.8, 4) is 0 Å². The fraction of sp³-hybridized carbons (Fsp3) is 0.769. The molecule has 0 aliphatic rings. The predicted octanol–water partition coefficient (Wildman–Crippen LogP) is 1.24.